The molecule has 24 heavy (non-hydrogen) atoms. The molecule has 5 nitrogen and oxygen atoms in total. The molecule has 2 aromatic heterocycles. The second-order valence-electron chi connectivity index (χ2n) is 5.80. The Hall–Kier alpha value is -2.84. The van der Waals surface area contributed by atoms with E-state index < -0.39 is 0 Å². The van der Waals surface area contributed by atoms with Gasteiger partial charge in [0.05, 0.1) is 16.7 Å². The maximum absolute atomic E-state index is 12.7. The Balaban J connectivity index is 1.65. The van der Waals surface area contributed by atoms with Gasteiger partial charge in [0.2, 0.25) is 0 Å². The van der Waals surface area contributed by atoms with Crippen molar-refractivity contribution in [1.29, 1.82) is 5.26 Å². The first-order valence-electron chi connectivity index (χ1n) is 7.60. The minimum Gasteiger partial charge on any atom is -0.343 e. The molecule has 0 fully saturated rings. The lowest BCUT2D eigenvalue weighted by molar-refractivity contribution is 0.0735. The molecule has 0 spiro atoms. The molecule has 118 valence electrons. The van der Waals surface area contributed by atoms with Gasteiger partial charge in [-0.2, -0.15) is 5.26 Å². The second-order valence-corrected chi connectivity index (χ2v) is 6.23. The van der Waals surface area contributed by atoms with Gasteiger partial charge in [0.1, 0.15) is 5.65 Å². The number of nitriles is 1. The SMILES string of the molecule is N#Cc1ccc(C(=O)N2CCc3[nH]c4ncc(Cl)cc4c3C2)cc1. The summed E-state index contributed by atoms with van der Waals surface area (Å²) in [6.07, 6.45) is 2.37. The number of hydrogen-bond donors (Lipinski definition) is 1. The highest BCUT2D eigenvalue weighted by Gasteiger charge is 2.25. The topological polar surface area (TPSA) is 72.8 Å². The Bertz CT molecular complexity index is 985. The van der Waals surface area contributed by atoms with Crippen LogP contribution >= 0.6 is 11.6 Å². The van der Waals surface area contributed by atoms with Gasteiger partial charge < -0.3 is 9.88 Å². The van der Waals surface area contributed by atoms with Crippen LogP contribution in [0, 0.1) is 11.3 Å². The number of aromatic nitrogens is 2. The molecular weight excluding hydrogens is 324 g/mol. The minimum atomic E-state index is -0.0329. The fourth-order valence-electron chi connectivity index (χ4n) is 3.10. The van der Waals surface area contributed by atoms with E-state index in [1.807, 2.05) is 11.0 Å². The number of fused-ring (bicyclic) bond motifs is 3. The van der Waals surface area contributed by atoms with Crippen LogP contribution in [0.3, 0.4) is 0 Å². The van der Waals surface area contributed by atoms with E-state index in [0.29, 0.717) is 29.2 Å². The number of amides is 1. The number of pyridine rings is 1. The monoisotopic (exact) mass is 336 g/mol. The summed E-state index contributed by atoms with van der Waals surface area (Å²) in [5.74, 6) is -0.0329. The van der Waals surface area contributed by atoms with Gasteiger partial charge in [-0.15, -0.1) is 0 Å². The van der Waals surface area contributed by atoms with Crippen molar-refractivity contribution >= 4 is 28.5 Å². The number of carbonyl (C=O) groups excluding carboxylic acids is 1. The predicted molar refractivity (Wildman–Crippen MR) is 90.7 cm³/mol. The summed E-state index contributed by atoms with van der Waals surface area (Å²) in [6.45, 7) is 1.17. The van der Waals surface area contributed by atoms with E-state index in [9.17, 15) is 4.79 Å². The normalized spacial score (nSPS) is 13.6. The van der Waals surface area contributed by atoms with Crippen LogP contribution in [0.4, 0.5) is 0 Å². The largest absolute Gasteiger partial charge is 0.343 e. The summed E-state index contributed by atoms with van der Waals surface area (Å²) in [6, 6.07) is 10.7. The highest BCUT2D eigenvalue weighted by Crippen LogP contribution is 2.29. The van der Waals surface area contributed by atoms with E-state index >= 15 is 0 Å². The Morgan fingerprint density at radius 3 is 2.88 bits per heavy atom. The van der Waals surface area contributed by atoms with Crippen LogP contribution in [0.15, 0.2) is 36.5 Å². The third-order valence-electron chi connectivity index (χ3n) is 4.34. The number of nitrogens with one attached hydrogen (secondary N) is 1. The zero-order valence-electron chi connectivity index (χ0n) is 12.7. The van der Waals surface area contributed by atoms with Gasteiger partial charge in [-0.25, -0.2) is 4.98 Å². The molecule has 1 amide bonds. The number of aromatic amines is 1. The molecule has 0 atom stereocenters. The van der Waals surface area contributed by atoms with Crippen molar-refractivity contribution < 1.29 is 4.79 Å². The molecule has 0 unspecified atom stereocenters. The van der Waals surface area contributed by atoms with Gasteiger partial charge in [-0.05, 0) is 30.3 Å². The van der Waals surface area contributed by atoms with Gasteiger partial charge in [0.15, 0.2) is 0 Å². The van der Waals surface area contributed by atoms with Crippen LogP contribution in [-0.2, 0) is 13.0 Å². The van der Waals surface area contributed by atoms with E-state index in [1.165, 1.54) is 0 Å². The molecule has 1 N–H and O–H groups in total. The lowest BCUT2D eigenvalue weighted by Gasteiger charge is -2.27. The first kappa shape index (κ1) is 14.7. The Morgan fingerprint density at radius 2 is 2.12 bits per heavy atom. The van der Waals surface area contributed by atoms with Crippen LogP contribution in [0.1, 0.15) is 27.2 Å². The first-order chi connectivity index (χ1) is 11.7. The molecule has 0 radical (unpaired) electrons. The van der Waals surface area contributed by atoms with E-state index in [2.05, 4.69) is 16.0 Å². The number of benzene rings is 1. The van der Waals surface area contributed by atoms with E-state index in [1.54, 1.807) is 30.5 Å². The van der Waals surface area contributed by atoms with Crippen molar-refractivity contribution in [1.82, 2.24) is 14.9 Å². The summed E-state index contributed by atoms with van der Waals surface area (Å²) in [5, 5.41) is 10.4. The van der Waals surface area contributed by atoms with Crippen molar-refractivity contribution in [2.45, 2.75) is 13.0 Å². The van der Waals surface area contributed by atoms with E-state index in [0.717, 1.165) is 28.7 Å². The Morgan fingerprint density at radius 1 is 1.33 bits per heavy atom. The zero-order chi connectivity index (χ0) is 16.7. The van der Waals surface area contributed by atoms with Crippen molar-refractivity contribution in [3.63, 3.8) is 0 Å². The first-order valence-corrected chi connectivity index (χ1v) is 7.98. The van der Waals surface area contributed by atoms with Gasteiger partial charge in [0, 0.05) is 47.9 Å². The standard InChI is InChI=1S/C18H13ClN4O/c19-13-7-14-15-10-23(6-5-16(15)22-17(14)21-9-13)18(24)12-3-1-11(8-20)2-4-12/h1-4,7,9H,5-6,10H2,(H,21,22). The molecule has 3 aromatic rings. The molecule has 0 aliphatic carbocycles. The summed E-state index contributed by atoms with van der Waals surface area (Å²) in [5.41, 5.74) is 4.13. The lowest BCUT2D eigenvalue weighted by Crippen LogP contribution is -2.35. The molecule has 0 bridgehead atoms. The molecule has 1 aliphatic heterocycles. The molecule has 1 aromatic carbocycles. The molecule has 0 saturated heterocycles. The molecular formula is C18H13ClN4O. The molecule has 1 aliphatic rings. The minimum absolute atomic E-state index is 0.0329. The fraction of sp³-hybridized carbons (Fsp3) is 0.167. The van der Waals surface area contributed by atoms with E-state index in [-0.39, 0.29) is 5.91 Å². The number of H-pyrrole nitrogens is 1. The molecule has 4 rings (SSSR count). The summed E-state index contributed by atoms with van der Waals surface area (Å²) in [4.78, 5) is 22.2. The van der Waals surface area contributed by atoms with Gasteiger partial charge in [0.25, 0.3) is 5.91 Å². The second kappa shape index (κ2) is 5.66. The van der Waals surface area contributed by atoms with Crippen molar-refractivity contribution in [2.24, 2.45) is 0 Å². The van der Waals surface area contributed by atoms with Crippen LogP contribution in [-0.4, -0.2) is 27.3 Å². The Labute approximate surface area is 143 Å². The van der Waals surface area contributed by atoms with Crippen LogP contribution in [0.25, 0.3) is 11.0 Å². The van der Waals surface area contributed by atoms with Gasteiger partial charge in [-0.3, -0.25) is 4.79 Å². The van der Waals surface area contributed by atoms with Crippen LogP contribution < -0.4 is 0 Å². The smallest absolute Gasteiger partial charge is 0.254 e. The summed E-state index contributed by atoms with van der Waals surface area (Å²) >= 11 is 6.06. The van der Waals surface area contributed by atoms with Crippen molar-refractivity contribution in [3.05, 3.63) is 63.9 Å². The molecule has 6 heteroatoms. The number of halogens is 1. The highest BCUT2D eigenvalue weighted by atomic mass is 35.5. The maximum atomic E-state index is 12.7. The van der Waals surface area contributed by atoms with Gasteiger partial charge in [-0.1, -0.05) is 11.6 Å². The molecule has 3 heterocycles. The van der Waals surface area contributed by atoms with Crippen molar-refractivity contribution in [3.8, 4) is 6.07 Å². The summed E-state index contributed by atoms with van der Waals surface area (Å²) < 4.78 is 0. The average molecular weight is 337 g/mol. The number of nitrogens with zero attached hydrogens (tertiary/aromatic N) is 3. The van der Waals surface area contributed by atoms with Gasteiger partial charge >= 0.3 is 0 Å². The third kappa shape index (κ3) is 2.41. The number of carbonyl (C=O) groups is 1. The fourth-order valence-corrected chi connectivity index (χ4v) is 3.26. The molecule has 0 saturated carbocycles. The Kier molecular flexibility index (Phi) is 3.47. The third-order valence-corrected chi connectivity index (χ3v) is 4.55. The lowest BCUT2D eigenvalue weighted by atomic mass is 10.0. The quantitative estimate of drug-likeness (QED) is 0.741. The van der Waals surface area contributed by atoms with Crippen LogP contribution in [0.2, 0.25) is 5.02 Å². The summed E-state index contributed by atoms with van der Waals surface area (Å²) in [7, 11) is 0. The highest BCUT2D eigenvalue weighted by molar-refractivity contribution is 6.31. The predicted octanol–water partition coefficient (Wildman–Crippen LogP) is 3.29. The van der Waals surface area contributed by atoms with Crippen LogP contribution in [0.5, 0.6) is 0 Å². The zero-order valence-corrected chi connectivity index (χ0v) is 13.5. The number of rotatable bonds is 1. The van der Waals surface area contributed by atoms with Crippen molar-refractivity contribution in [2.75, 3.05) is 6.54 Å². The average Bonchev–Trinajstić information content (AvgIpc) is 2.98. The number of hydrogen-bond acceptors (Lipinski definition) is 3. The van der Waals surface area contributed by atoms with E-state index in [4.69, 9.17) is 16.9 Å². The maximum Gasteiger partial charge on any atom is 0.254 e.